The van der Waals surface area contributed by atoms with E-state index in [9.17, 15) is 4.55 Å². The van der Waals surface area contributed by atoms with E-state index < -0.39 is 53.7 Å². The molecule has 0 fully saturated rings. The highest BCUT2D eigenvalue weighted by molar-refractivity contribution is 7.90. The molecule has 3 aromatic heterocycles. The van der Waals surface area contributed by atoms with Crippen molar-refractivity contribution in [2.24, 2.45) is 0 Å². The SMILES string of the molecule is [2H]c1c(-n2c([2H])c([2H])c([2H])c2[2H])c([2H])c2nc([S+]([O-])Cc3nccc(OC)c3C)n([2H])c2c1[2H]. The van der Waals surface area contributed by atoms with Crippen LogP contribution in [0.3, 0.4) is 0 Å². The van der Waals surface area contributed by atoms with E-state index in [-0.39, 0.29) is 27.6 Å². The Hall–Kier alpha value is -2.77. The summed E-state index contributed by atoms with van der Waals surface area (Å²) in [5.74, 6) is 0.445. The van der Waals surface area contributed by atoms with Crippen LogP contribution < -0.4 is 4.74 Å². The summed E-state index contributed by atoms with van der Waals surface area (Å²) in [5.41, 5.74) is 0.315. The highest BCUT2D eigenvalue weighted by Crippen LogP contribution is 2.24. The highest BCUT2D eigenvalue weighted by atomic mass is 32.2. The Morgan fingerprint density at radius 3 is 2.96 bits per heavy atom. The summed E-state index contributed by atoms with van der Waals surface area (Å²) in [5, 5.41) is -0.260. The van der Waals surface area contributed by atoms with Crippen LogP contribution in [-0.4, -0.2) is 31.2 Å². The maximum Gasteiger partial charge on any atom is 0.322 e. The van der Waals surface area contributed by atoms with Gasteiger partial charge >= 0.3 is 5.16 Å². The van der Waals surface area contributed by atoms with E-state index in [1.54, 1.807) is 13.0 Å². The van der Waals surface area contributed by atoms with Gasteiger partial charge in [-0.05, 0) is 43.2 Å². The molecule has 0 saturated heterocycles. The number of nitrogens with one attached hydrogen (secondary N) is 1. The monoisotopic (exact) mass is 374 g/mol. The predicted octanol–water partition coefficient (Wildman–Crippen LogP) is 3.37. The molecule has 1 N–H and O–H groups in total. The summed E-state index contributed by atoms with van der Waals surface area (Å²) in [6, 6.07) is -1.02. The van der Waals surface area contributed by atoms with Crippen LogP contribution in [0.15, 0.2) is 60.0 Å². The maximum atomic E-state index is 13.1. The smallest absolute Gasteiger partial charge is 0.322 e. The van der Waals surface area contributed by atoms with Crippen molar-refractivity contribution in [3.63, 3.8) is 0 Å². The van der Waals surface area contributed by atoms with Gasteiger partial charge in [-0.2, -0.15) is 4.98 Å². The molecule has 4 aromatic rings. The molecule has 0 spiro atoms. The normalized spacial score (nSPS) is 16.7. The fraction of sp³-hybridized carbons (Fsp3) is 0.158. The fourth-order valence-electron chi connectivity index (χ4n) is 2.39. The van der Waals surface area contributed by atoms with Gasteiger partial charge < -0.3 is 13.9 Å². The molecule has 0 aliphatic carbocycles. The number of ether oxygens (including phenoxy) is 1. The molecule has 1 unspecified atom stereocenters. The molecule has 0 aliphatic heterocycles. The predicted molar refractivity (Wildman–Crippen MR) is 101 cm³/mol. The van der Waals surface area contributed by atoms with E-state index in [1.807, 2.05) is 0 Å². The van der Waals surface area contributed by atoms with Gasteiger partial charge in [0, 0.05) is 41.0 Å². The van der Waals surface area contributed by atoms with E-state index in [0.717, 1.165) is 4.57 Å². The van der Waals surface area contributed by atoms with E-state index >= 15 is 0 Å². The summed E-state index contributed by atoms with van der Waals surface area (Å²) in [4.78, 5) is 9.01. The van der Waals surface area contributed by atoms with Crippen LogP contribution in [-0.2, 0) is 16.9 Å². The number of benzene rings is 1. The zero-order chi connectivity index (χ0) is 25.1. The molecule has 0 bridgehead atoms. The number of hydrogen-bond donors (Lipinski definition) is 1. The molecule has 0 radical (unpaired) electrons. The second-order valence-electron chi connectivity index (χ2n) is 5.31. The van der Waals surface area contributed by atoms with Crippen LogP contribution in [0.2, 0.25) is 1.41 Å². The topological polar surface area (TPSA) is 78.8 Å². The average Bonchev–Trinajstić information content (AvgIpc) is 3.25. The standard InChI is InChI=1S/C19H18N4O2S/c1-13-17(20-8-7-18(13)25-2)12-26(24)19-21-15-6-5-14(11-16(15)22-19)23-9-3-4-10-23/h3-11H,12H2,1-2H3,(H,21,22)/i3D,4D,5D,6D,9D,10D,11D/hD. The molecule has 0 amide bonds. The van der Waals surface area contributed by atoms with Crippen LogP contribution >= 0.6 is 0 Å². The fourth-order valence-corrected chi connectivity index (χ4v) is 3.45. The Kier molecular flexibility index (Phi) is 2.58. The van der Waals surface area contributed by atoms with Gasteiger partial charge in [-0.15, -0.1) is 0 Å². The van der Waals surface area contributed by atoms with Crippen molar-refractivity contribution in [2.45, 2.75) is 17.8 Å². The molecule has 0 saturated carbocycles. The molecule has 7 heteroatoms. The molecule has 1 aromatic carbocycles. The molecular weight excluding hydrogens is 348 g/mol. The number of imidazole rings is 1. The first-order chi connectivity index (χ1) is 16.0. The van der Waals surface area contributed by atoms with Crippen LogP contribution in [0.1, 0.15) is 20.9 Å². The maximum absolute atomic E-state index is 13.1. The van der Waals surface area contributed by atoms with E-state index in [0.29, 0.717) is 22.0 Å². The highest BCUT2D eigenvalue weighted by Gasteiger charge is 2.20. The van der Waals surface area contributed by atoms with Gasteiger partial charge in [0.25, 0.3) is 0 Å². The van der Waals surface area contributed by atoms with E-state index in [2.05, 4.69) is 9.97 Å². The van der Waals surface area contributed by atoms with Crippen LogP contribution in [0.5, 0.6) is 5.75 Å². The second-order valence-corrected chi connectivity index (χ2v) is 6.66. The van der Waals surface area contributed by atoms with Crippen LogP contribution in [0, 0.1) is 6.92 Å². The van der Waals surface area contributed by atoms with Gasteiger partial charge in [-0.1, -0.05) is 0 Å². The first-order valence-electron chi connectivity index (χ1n) is 11.5. The quantitative estimate of drug-likeness (QED) is 0.543. The van der Waals surface area contributed by atoms with Gasteiger partial charge in [0.05, 0.1) is 33.4 Å². The lowest BCUT2D eigenvalue weighted by Gasteiger charge is -2.10. The van der Waals surface area contributed by atoms with E-state index in [4.69, 9.17) is 15.7 Å². The first-order valence-corrected chi connectivity index (χ1v) is 8.86. The third-order valence-corrected chi connectivity index (χ3v) is 4.87. The number of methoxy groups -OCH3 is 1. The Morgan fingerprint density at radius 1 is 1.38 bits per heavy atom. The lowest BCUT2D eigenvalue weighted by molar-refractivity contribution is 0.410. The number of H-pyrrole nitrogens is 1. The minimum absolute atomic E-state index is 0.109. The lowest BCUT2D eigenvalue weighted by Crippen LogP contribution is -2.10. The van der Waals surface area contributed by atoms with Gasteiger partial charge in [-0.25, -0.2) is 0 Å². The van der Waals surface area contributed by atoms with Crippen molar-refractivity contribution in [3.8, 4) is 11.4 Å². The van der Waals surface area contributed by atoms with Crippen molar-refractivity contribution in [2.75, 3.05) is 7.11 Å². The number of aromatic amines is 1. The third-order valence-electron chi connectivity index (χ3n) is 3.75. The average molecular weight is 374 g/mol. The number of rotatable bonds is 5. The van der Waals surface area contributed by atoms with E-state index in [1.165, 1.54) is 13.3 Å². The summed E-state index contributed by atoms with van der Waals surface area (Å²) >= 11 is -1.90. The van der Waals surface area contributed by atoms with Gasteiger partial charge in [0.1, 0.15) is 5.75 Å². The van der Waals surface area contributed by atoms with Gasteiger partial charge in [0.2, 0.25) is 0 Å². The number of pyridine rings is 1. The largest absolute Gasteiger partial charge is 0.609 e. The summed E-state index contributed by atoms with van der Waals surface area (Å²) < 4.78 is 84.4. The second kappa shape index (κ2) is 6.86. The molecular formula is C19H18N4O2S. The zero-order valence-corrected chi connectivity index (χ0v) is 14.7. The number of hydrogen-bond acceptors (Lipinski definition) is 4. The Balaban J connectivity index is 1.89. The van der Waals surface area contributed by atoms with Crippen LogP contribution in [0.25, 0.3) is 16.7 Å². The molecule has 6 nitrogen and oxygen atoms in total. The molecule has 132 valence electrons. The molecule has 1 atom stereocenters. The Morgan fingerprint density at radius 2 is 2.19 bits per heavy atom. The van der Waals surface area contributed by atoms with Gasteiger partial charge in [-0.3, -0.25) is 9.96 Å². The number of nitrogens with zero attached hydrogens (tertiary/aromatic N) is 3. The third kappa shape index (κ3) is 3.07. The summed E-state index contributed by atoms with van der Waals surface area (Å²) in [7, 11) is 1.50. The van der Waals surface area contributed by atoms with Crippen molar-refractivity contribution < 1.29 is 20.3 Å². The lowest BCUT2D eigenvalue weighted by atomic mass is 10.2. The van der Waals surface area contributed by atoms with Gasteiger partial charge in [0.15, 0.2) is 7.16 Å². The Labute approximate surface area is 165 Å². The van der Waals surface area contributed by atoms with Crippen molar-refractivity contribution in [1.29, 1.82) is 0 Å². The van der Waals surface area contributed by atoms with Crippen molar-refractivity contribution >= 4 is 22.2 Å². The minimum Gasteiger partial charge on any atom is -0.609 e. The number of aromatic nitrogens is 4. The first kappa shape index (κ1) is 9.80. The Bertz CT molecular complexity index is 1430. The summed E-state index contributed by atoms with van der Waals surface area (Å²) in [6.45, 7) is 1.75. The van der Waals surface area contributed by atoms with Crippen molar-refractivity contribution in [1.82, 2.24) is 19.5 Å². The van der Waals surface area contributed by atoms with Crippen LogP contribution in [0.4, 0.5) is 0 Å². The minimum atomic E-state index is -1.90. The van der Waals surface area contributed by atoms with Crippen molar-refractivity contribution in [3.05, 3.63) is 66.1 Å². The molecule has 26 heavy (non-hydrogen) atoms. The molecule has 3 heterocycles. The number of fused-ring (bicyclic) bond motifs is 1. The molecule has 0 aliphatic rings. The zero-order valence-electron chi connectivity index (χ0n) is 21.9. The summed E-state index contributed by atoms with van der Waals surface area (Å²) in [6.07, 6.45) is 0.341. The molecule has 4 rings (SSSR count).